The second-order valence-electron chi connectivity index (χ2n) is 9.41. The highest BCUT2D eigenvalue weighted by Crippen LogP contribution is 2.63. The molecule has 5 atom stereocenters. The fourth-order valence-corrected chi connectivity index (χ4v) is 5.54. The summed E-state index contributed by atoms with van der Waals surface area (Å²) >= 11 is 0. The molecule has 0 unspecified atom stereocenters. The minimum Gasteiger partial charge on any atom is -0.459 e. The smallest absolute Gasteiger partial charge is 0.343 e. The highest BCUT2D eigenvalue weighted by molar-refractivity contribution is 5.93. The van der Waals surface area contributed by atoms with Crippen LogP contribution in [0.3, 0.4) is 0 Å². The molecule has 3 rings (SSSR count). The monoisotopic (exact) mass is 418 g/mol. The number of allylic oxidation sites excluding steroid dienone is 2. The second kappa shape index (κ2) is 7.78. The fraction of sp³-hybridized carbons (Fsp3) is 0.609. The van der Waals surface area contributed by atoms with E-state index < -0.39 is 40.9 Å². The normalized spacial score (nSPS) is 36.1. The zero-order chi connectivity index (χ0) is 22.3. The van der Waals surface area contributed by atoms with Crippen LogP contribution < -0.4 is 0 Å². The Hall–Kier alpha value is -2.25. The topological polar surface area (TPSA) is 110 Å². The van der Waals surface area contributed by atoms with Crippen LogP contribution in [0, 0.1) is 16.7 Å². The van der Waals surface area contributed by atoms with Gasteiger partial charge in [0.2, 0.25) is 0 Å². The summed E-state index contributed by atoms with van der Waals surface area (Å²) in [5.41, 5.74) is -2.33. The lowest BCUT2D eigenvalue weighted by atomic mass is 9.46. The zero-order valence-electron chi connectivity index (χ0n) is 17.9. The summed E-state index contributed by atoms with van der Waals surface area (Å²) in [6, 6.07) is 0. The van der Waals surface area contributed by atoms with Gasteiger partial charge in [-0.2, -0.15) is 0 Å². The summed E-state index contributed by atoms with van der Waals surface area (Å²) < 4.78 is 10.9. The lowest BCUT2D eigenvalue weighted by molar-refractivity contribution is -0.194. The summed E-state index contributed by atoms with van der Waals surface area (Å²) in [5.74, 6) is -1.96. The molecular weight excluding hydrogens is 388 g/mol. The quantitative estimate of drug-likeness (QED) is 0.304. The molecule has 30 heavy (non-hydrogen) atoms. The number of hydrogen-bond donors (Lipinski definition) is 2. The minimum atomic E-state index is -1.70. The van der Waals surface area contributed by atoms with Gasteiger partial charge in [-0.25, -0.2) is 9.59 Å². The predicted octanol–water partition coefficient (Wildman–Crippen LogP) is 2.02. The molecule has 3 aliphatic rings. The number of aliphatic hydroxyl groups is 2. The summed E-state index contributed by atoms with van der Waals surface area (Å²) in [5, 5.41) is 20.6. The number of carbonyl (C=O) groups is 3. The van der Waals surface area contributed by atoms with Crippen molar-refractivity contribution >= 4 is 17.7 Å². The van der Waals surface area contributed by atoms with Crippen molar-refractivity contribution in [2.24, 2.45) is 16.7 Å². The highest BCUT2D eigenvalue weighted by Gasteiger charge is 2.69. The number of cyclic esters (lactones) is 1. The van der Waals surface area contributed by atoms with E-state index >= 15 is 0 Å². The molecule has 2 N–H and O–H groups in total. The van der Waals surface area contributed by atoms with Gasteiger partial charge in [-0.05, 0) is 37.3 Å². The molecule has 0 aromatic rings. The van der Waals surface area contributed by atoms with Crippen molar-refractivity contribution in [3.8, 4) is 0 Å². The maximum atomic E-state index is 12.5. The van der Waals surface area contributed by atoms with Crippen LogP contribution in [0.25, 0.3) is 0 Å². The Labute approximate surface area is 176 Å². The maximum absolute atomic E-state index is 12.5. The Morgan fingerprint density at radius 2 is 1.90 bits per heavy atom. The number of rotatable bonds is 5. The van der Waals surface area contributed by atoms with Crippen molar-refractivity contribution in [2.75, 3.05) is 6.61 Å². The SMILES string of the molecule is C[C@H](O)C(=O)/C=C/C=C/C(=O)O[C@@H]1C=C2COC(=O)[C@]2(O)[C@@]2(C)CCCC(C)(C)[C@H]12. The van der Waals surface area contributed by atoms with Gasteiger partial charge < -0.3 is 19.7 Å². The predicted molar refractivity (Wildman–Crippen MR) is 108 cm³/mol. The molecule has 0 spiro atoms. The fourth-order valence-electron chi connectivity index (χ4n) is 5.54. The molecule has 2 aliphatic carbocycles. The van der Waals surface area contributed by atoms with Crippen molar-refractivity contribution in [1.29, 1.82) is 0 Å². The summed E-state index contributed by atoms with van der Waals surface area (Å²) in [6.07, 6.45) is 7.44. The Kier molecular flexibility index (Phi) is 5.82. The number of carbonyl (C=O) groups excluding carboxylic acids is 3. The van der Waals surface area contributed by atoms with Crippen LogP contribution in [0.1, 0.15) is 47.0 Å². The maximum Gasteiger partial charge on any atom is 0.343 e. The Balaban J connectivity index is 1.87. The molecule has 1 aliphatic heterocycles. The van der Waals surface area contributed by atoms with Crippen molar-refractivity contribution < 1.29 is 34.1 Å². The number of ether oxygens (including phenoxy) is 2. The lowest BCUT2D eigenvalue weighted by Crippen LogP contribution is -2.65. The largest absolute Gasteiger partial charge is 0.459 e. The molecule has 164 valence electrons. The van der Waals surface area contributed by atoms with Crippen LogP contribution in [0.2, 0.25) is 0 Å². The molecule has 0 bridgehead atoms. The molecule has 7 nitrogen and oxygen atoms in total. The first kappa shape index (κ1) is 22.4. The number of hydrogen-bond acceptors (Lipinski definition) is 7. The first-order valence-electron chi connectivity index (χ1n) is 10.3. The van der Waals surface area contributed by atoms with E-state index in [4.69, 9.17) is 14.6 Å². The standard InChI is InChI=1S/C23H30O7/c1-14(24)16(25)8-5-6-9-18(26)30-17-12-15-13-29-20(27)23(15,28)22(4)11-7-10-21(2,3)19(17)22/h5-6,8-9,12,14,17,19,24,28H,7,10-11,13H2,1-4H3/b8-5+,9-6+/t14-,17+,19-,22-,23-/m0/s1. The van der Waals surface area contributed by atoms with E-state index in [0.29, 0.717) is 12.0 Å². The first-order chi connectivity index (χ1) is 13.9. The van der Waals surface area contributed by atoms with Crippen LogP contribution in [0.5, 0.6) is 0 Å². The van der Waals surface area contributed by atoms with Crippen LogP contribution in [-0.2, 0) is 23.9 Å². The number of ketones is 1. The number of aliphatic hydroxyl groups excluding tert-OH is 1. The Bertz CT molecular complexity index is 834. The van der Waals surface area contributed by atoms with Crippen LogP contribution in [0.15, 0.2) is 36.0 Å². The third kappa shape index (κ3) is 3.54. The van der Waals surface area contributed by atoms with E-state index in [2.05, 4.69) is 13.8 Å². The van der Waals surface area contributed by atoms with E-state index in [1.165, 1.54) is 31.2 Å². The van der Waals surface area contributed by atoms with Gasteiger partial charge in [0.25, 0.3) is 0 Å². The van der Waals surface area contributed by atoms with E-state index in [0.717, 1.165) is 12.8 Å². The second-order valence-corrected chi connectivity index (χ2v) is 9.41. The Morgan fingerprint density at radius 1 is 1.23 bits per heavy atom. The lowest BCUT2D eigenvalue weighted by Gasteiger charge is -2.59. The highest BCUT2D eigenvalue weighted by atomic mass is 16.6. The van der Waals surface area contributed by atoms with Crippen LogP contribution in [-0.4, -0.2) is 52.4 Å². The molecular formula is C23H30O7. The molecule has 2 fully saturated rings. The van der Waals surface area contributed by atoms with Gasteiger partial charge in [-0.3, -0.25) is 4.79 Å². The van der Waals surface area contributed by atoms with Gasteiger partial charge >= 0.3 is 11.9 Å². The summed E-state index contributed by atoms with van der Waals surface area (Å²) in [6.45, 7) is 7.38. The number of esters is 2. The van der Waals surface area contributed by atoms with Gasteiger partial charge in [0, 0.05) is 23.0 Å². The van der Waals surface area contributed by atoms with Gasteiger partial charge in [0.1, 0.15) is 18.8 Å². The van der Waals surface area contributed by atoms with E-state index in [1.807, 2.05) is 6.92 Å². The van der Waals surface area contributed by atoms with Crippen molar-refractivity contribution in [1.82, 2.24) is 0 Å². The van der Waals surface area contributed by atoms with Crippen LogP contribution >= 0.6 is 0 Å². The number of fused-ring (bicyclic) bond motifs is 3. The minimum absolute atomic E-state index is 0.00778. The van der Waals surface area contributed by atoms with Gasteiger partial charge in [0.05, 0.1) is 0 Å². The van der Waals surface area contributed by atoms with E-state index in [9.17, 15) is 19.5 Å². The van der Waals surface area contributed by atoms with Gasteiger partial charge in [0.15, 0.2) is 11.4 Å². The Morgan fingerprint density at radius 3 is 2.57 bits per heavy atom. The average molecular weight is 418 g/mol. The molecule has 0 aromatic carbocycles. The van der Waals surface area contributed by atoms with Gasteiger partial charge in [-0.1, -0.05) is 39.3 Å². The molecule has 7 heteroatoms. The third-order valence-corrected chi connectivity index (χ3v) is 6.95. The van der Waals surface area contributed by atoms with Crippen molar-refractivity contribution in [3.63, 3.8) is 0 Å². The van der Waals surface area contributed by atoms with Gasteiger partial charge in [-0.15, -0.1) is 0 Å². The summed E-state index contributed by atoms with van der Waals surface area (Å²) in [7, 11) is 0. The van der Waals surface area contributed by atoms with E-state index in [1.54, 1.807) is 6.08 Å². The van der Waals surface area contributed by atoms with Crippen molar-refractivity contribution in [2.45, 2.75) is 64.8 Å². The molecule has 1 heterocycles. The average Bonchev–Trinajstić information content (AvgIpc) is 2.94. The molecule has 0 amide bonds. The zero-order valence-corrected chi connectivity index (χ0v) is 17.9. The van der Waals surface area contributed by atoms with E-state index in [-0.39, 0.29) is 17.9 Å². The summed E-state index contributed by atoms with van der Waals surface area (Å²) in [4.78, 5) is 36.3. The third-order valence-electron chi connectivity index (χ3n) is 6.95. The molecule has 0 aromatic heterocycles. The van der Waals surface area contributed by atoms with Crippen molar-refractivity contribution in [3.05, 3.63) is 36.0 Å². The molecule has 0 radical (unpaired) electrons. The molecule has 1 saturated carbocycles. The van der Waals surface area contributed by atoms with Crippen LogP contribution in [0.4, 0.5) is 0 Å². The first-order valence-corrected chi connectivity index (χ1v) is 10.3. The molecule has 1 saturated heterocycles.